The number of hydrogen-bond donors (Lipinski definition) is 3. The summed E-state index contributed by atoms with van der Waals surface area (Å²) in [6, 6.07) is 4.83. The van der Waals surface area contributed by atoms with Gasteiger partial charge in [-0.2, -0.15) is 0 Å². The molecule has 6 heteroatoms. The van der Waals surface area contributed by atoms with E-state index in [-0.39, 0.29) is 17.6 Å². The fourth-order valence-corrected chi connectivity index (χ4v) is 1.86. The summed E-state index contributed by atoms with van der Waals surface area (Å²) < 4.78 is 2.34. The topological polar surface area (TPSA) is 78.4 Å². The highest BCUT2D eigenvalue weighted by atomic mass is 79.9. The minimum atomic E-state index is -0.264. The molecular formula is C11H11BrN3O2+. The average molecular weight is 297 g/mol. The van der Waals surface area contributed by atoms with Gasteiger partial charge >= 0.3 is 11.9 Å². The quantitative estimate of drug-likeness (QED) is 0.524. The first-order valence-electron chi connectivity index (χ1n) is 4.87. The first-order chi connectivity index (χ1) is 7.99. The van der Waals surface area contributed by atoms with E-state index in [0.717, 1.165) is 4.47 Å². The van der Waals surface area contributed by atoms with Crippen LogP contribution in [0.2, 0.25) is 0 Å². The van der Waals surface area contributed by atoms with Gasteiger partial charge in [0.05, 0.1) is 7.05 Å². The van der Waals surface area contributed by atoms with Crippen LogP contribution in [0.5, 0.6) is 5.75 Å². The van der Waals surface area contributed by atoms with Gasteiger partial charge in [-0.05, 0) is 29.8 Å². The number of hydrogen-bond acceptors (Lipinski definition) is 3. The van der Waals surface area contributed by atoms with Gasteiger partial charge in [-0.1, -0.05) is 15.9 Å². The van der Waals surface area contributed by atoms with Crippen LogP contribution in [-0.4, -0.2) is 28.6 Å². The van der Waals surface area contributed by atoms with Crippen LogP contribution < -0.4 is 11.1 Å². The van der Waals surface area contributed by atoms with E-state index in [4.69, 9.17) is 5.73 Å². The van der Waals surface area contributed by atoms with E-state index in [9.17, 15) is 9.90 Å². The number of phenolic OH excluding ortho intramolecular Hbond substituents is 1. The highest BCUT2D eigenvalue weighted by molar-refractivity contribution is 9.10. The van der Waals surface area contributed by atoms with E-state index in [1.165, 1.54) is 0 Å². The maximum absolute atomic E-state index is 11.6. The first-order valence-corrected chi connectivity index (χ1v) is 5.66. The van der Waals surface area contributed by atoms with Gasteiger partial charge in [-0.25, -0.2) is 14.7 Å². The molecule has 0 aromatic heterocycles. The molecule has 0 atom stereocenters. The van der Waals surface area contributed by atoms with Crippen molar-refractivity contribution in [3.63, 3.8) is 0 Å². The van der Waals surface area contributed by atoms with Crippen LogP contribution in [0.1, 0.15) is 5.56 Å². The van der Waals surface area contributed by atoms with Crippen LogP contribution in [0, 0.1) is 0 Å². The number of benzene rings is 1. The van der Waals surface area contributed by atoms with E-state index >= 15 is 0 Å². The number of carbonyl (C=O) groups excluding carboxylic acids is 1. The van der Waals surface area contributed by atoms with Gasteiger partial charge in [-0.3, -0.25) is 5.73 Å². The number of guanidine groups is 1. The lowest BCUT2D eigenvalue weighted by molar-refractivity contribution is -0.432. The van der Waals surface area contributed by atoms with E-state index in [1.54, 1.807) is 35.9 Å². The number of nitrogens with one attached hydrogen (secondary N) is 1. The van der Waals surface area contributed by atoms with E-state index in [0.29, 0.717) is 11.3 Å². The zero-order chi connectivity index (χ0) is 12.6. The molecule has 0 unspecified atom stereocenters. The molecule has 1 aliphatic heterocycles. The number of halogens is 1. The number of phenols is 1. The van der Waals surface area contributed by atoms with Crippen molar-refractivity contribution >= 4 is 33.9 Å². The summed E-state index contributed by atoms with van der Waals surface area (Å²) in [7, 11) is 1.69. The maximum atomic E-state index is 11.6. The molecule has 0 aliphatic carbocycles. The van der Waals surface area contributed by atoms with Gasteiger partial charge in [0.1, 0.15) is 5.75 Å². The number of amides is 1. The normalized spacial score (nSPS) is 17.8. The Kier molecular flexibility index (Phi) is 2.89. The van der Waals surface area contributed by atoms with Crippen molar-refractivity contribution < 1.29 is 14.5 Å². The van der Waals surface area contributed by atoms with Crippen molar-refractivity contribution in [1.29, 1.82) is 0 Å². The zero-order valence-electron chi connectivity index (χ0n) is 9.07. The fourth-order valence-electron chi connectivity index (χ4n) is 1.50. The number of aromatic hydroxyl groups is 1. The highest BCUT2D eigenvalue weighted by Crippen LogP contribution is 2.24. The molecule has 1 aromatic carbocycles. The Bertz CT molecular complexity index is 564. The summed E-state index contributed by atoms with van der Waals surface area (Å²) in [6.07, 6.45) is 1.65. The van der Waals surface area contributed by atoms with Gasteiger partial charge in [0.15, 0.2) is 5.70 Å². The summed E-state index contributed by atoms with van der Waals surface area (Å²) in [5.41, 5.74) is 6.72. The van der Waals surface area contributed by atoms with E-state index < -0.39 is 0 Å². The van der Waals surface area contributed by atoms with Crippen LogP contribution in [0.3, 0.4) is 0 Å². The van der Waals surface area contributed by atoms with Crippen molar-refractivity contribution in [3.05, 3.63) is 33.9 Å². The predicted octanol–water partition coefficient (Wildman–Crippen LogP) is 0.582. The lowest BCUT2D eigenvalue weighted by atomic mass is 10.2. The Morgan fingerprint density at radius 1 is 1.53 bits per heavy atom. The summed E-state index contributed by atoms with van der Waals surface area (Å²) in [4.78, 5) is 11.6. The molecule has 0 radical (unpaired) electrons. The Labute approximate surface area is 106 Å². The summed E-state index contributed by atoms with van der Waals surface area (Å²) in [5.74, 6) is 0.163. The number of nitrogens with zero attached hydrogens (tertiary/aromatic N) is 1. The molecule has 0 spiro atoms. The van der Waals surface area contributed by atoms with Gasteiger partial charge in [-0.15, -0.1) is 0 Å². The third kappa shape index (κ3) is 2.16. The lowest BCUT2D eigenvalue weighted by Crippen LogP contribution is -2.32. The average Bonchev–Trinajstić information content (AvgIpc) is 2.50. The van der Waals surface area contributed by atoms with E-state index in [2.05, 4.69) is 21.2 Å². The molecule has 1 aromatic rings. The molecule has 0 saturated heterocycles. The largest absolute Gasteiger partial charge is 0.508 e. The monoisotopic (exact) mass is 296 g/mol. The minimum Gasteiger partial charge on any atom is -0.508 e. The smallest absolute Gasteiger partial charge is 0.356 e. The summed E-state index contributed by atoms with van der Waals surface area (Å²) in [6.45, 7) is 0. The summed E-state index contributed by atoms with van der Waals surface area (Å²) >= 11 is 3.35. The van der Waals surface area contributed by atoms with Crippen LogP contribution in [0.25, 0.3) is 6.08 Å². The molecule has 88 valence electrons. The molecule has 4 N–H and O–H groups in total. The standard InChI is InChI=1S/C11H10BrN3O2/c1-15-9(10(17)14-11(15)13)5-6-4-7(16)2-3-8(6)12/h2-5H,1H3,(H3,13,14,16,17)/p+1/b9-5-. The third-order valence-corrected chi connectivity index (χ3v) is 3.19. The molecule has 17 heavy (non-hydrogen) atoms. The number of nitrogens with two attached hydrogens (primary N) is 1. The van der Waals surface area contributed by atoms with Gasteiger partial charge in [0.25, 0.3) is 0 Å². The number of likely N-dealkylation sites (N-methyl/N-ethyl adjacent to an activating group) is 1. The molecule has 1 aliphatic rings. The number of carbonyl (C=O) groups is 1. The maximum Gasteiger partial charge on any atom is 0.356 e. The second-order valence-corrected chi connectivity index (χ2v) is 4.49. The Morgan fingerprint density at radius 3 is 2.82 bits per heavy atom. The van der Waals surface area contributed by atoms with Crippen molar-refractivity contribution in [1.82, 2.24) is 5.32 Å². The predicted molar refractivity (Wildman–Crippen MR) is 67.3 cm³/mol. The molecule has 2 rings (SSSR count). The molecule has 5 nitrogen and oxygen atoms in total. The molecule has 0 fully saturated rings. The van der Waals surface area contributed by atoms with Crippen LogP contribution in [-0.2, 0) is 4.79 Å². The van der Waals surface area contributed by atoms with Crippen molar-refractivity contribution in [3.8, 4) is 5.75 Å². The van der Waals surface area contributed by atoms with Crippen LogP contribution in [0.15, 0.2) is 28.4 Å². The van der Waals surface area contributed by atoms with Gasteiger partial charge in [0.2, 0.25) is 0 Å². The van der Waals surface area contributed by atoms with Crippen LogP contribution >= 0.6 is 15.9 Å². The molecule has 0 saturated carbocycles. The number of rotatable bonds is 1. The SMILES string of the molecule is C[N+]1=C(N)NC(=O)/C1=C/c1cc(O)ccc1Br. The Hall–Kier alpha value is -1.82. The van der Waals surface area contributed by atoms with E-state index in [1.807, 2.05) is 0 Å². The first kappa shape index (κ1) is 11.7. The van der Waals surface area contributed by atoms with Crippen molar-refractivity contribution in [2.24, 2.45) is 5.73 Å². The Balaban J connectivity index is 2.50. The fraction of sp³-hybridized carbons (Fsp3) is 0.0909. The third-order valence-electron chi connectivity index (χ3n) is 2.47. The molecular weight excluding hydrogens is 286 g/mol. The van der Waals surface area contributed by atoms with Crippen LogP contribution in [0.4, 0.5) is 0 Å². The van der Waals surface area contributed by atoms with Crippen molar-refractivity contribution in [2.45, 2.75) is 0 Å². The molecule has 0 bridgehead atoms. The Morgan fingerprint density at radius 2 is 2.24 bits per heavy atom. The highest BCUT2D eigenvalue weighted by Gasteiger charge is 2.29. The molecule has 1 heterocycles. The zero-order valence-corrected chi connectivity index (χ0v) is 10.7. The minimum absolute atomic E-state index is 0.137. The van der Waals surface area contributed by atoms with Crippen molar-refractivity contribution in [2.75, 3.05) is 7.05 Å². The second kappa shape index (κ2) is 4.21. The van der Waals surface area contributed by atoms with Gasteiger partial charge in [0, 0.05) is 4.47 Å². The summed E-state index contributed by atoms with van der Waals surface area (Å²) in [5, 5.41) is 11.9. The molecule has 1 amide bonds. The lowest BCUT2D eigenvalue weighted by Gasteiger charge is -2.01. The second-order valence-electron chi connectivity index (χ2n) is 3.63. The van der Waals surface area contributed by atoms with Gasteiger partial charge < -0.3 is 5.11 Å².